The summed E-state index contributed by atoms with van der Waals surface area (Å²) in [6, 6.07) is 0. The number of nitrogens with one attached hydrogen (secondary N) is 2. The first-order valence-electron chi connectivity index (χ1n) is 2.75. The number of fused-ring (bicyclic) bond motifs is 1. The van der Waals surface area contributed by atoms with Gasteiger partial charge in [0.15, 0.2) is 11.3 Å². The van der Waals surface area contributed by atoms with E-state index in [-0.39, 0.29) is 7.12 Å². The van der Waals surface area contributed by atoms with Crippen molar-refractivity contribution in [3.63, 3.8) is 0 Å². The van der Waals surface area contributed by atoms with Crippen LogP contribution in [-0.2, 0) is 0 Å². The molecule has 0 spiro atoms. The Hall–Kier alpha value is -1.65. The van der Waals surface area contributed by atoms with E-state index in [0.717, 1.165) is 0 Å². The molecule has 52 valence electrons. The van der Waals surface area contributed by atoms with E-state index in [2.05, 4.69) is 19.9 Å². The average molecular weight is 138 g/mol. The first-order valence-corrected chi connectivity index (χ1v) is 2.75. The van der Waals surface area contributed by atoms with E-state index in [1.165, 1.54) is 12.4 Å². The van der Waals surface area contributed by atoms with E-state index >= 15 is 0 Å². The molecule has 10 heavy (non-hydrogen) atoms. The molecule has 0 saturated heterocycles. The van der Waals surface area contributed by atoms with Crippen molar-refractivity contribution in [2.75, 3.05) is 0 Å². The van der Waals surface area contributed by atoms with Gasteiger partial charge in [-0.05, 0) is 0 Å². The Labute approximate surface area is 56.6 Å². The van der Waals surface area contributed by atoms with Crippen LogP contribution in [-0.4, -0.2) is 19.9 Å². The molecule has 0 atom stereocenters. The molecule has 0 fully saturated rings. The Morgan fingerprint density at radius 2 is 1.70 bits per heavy atom. The predicted octanol–water partition coefficient (Wildman–Crippen LogP) is -0.108. The maximum atomic E-state index is 10.6. The number of hydrogen-bond acceptors (Lipinski definition) is 3. The zero-order valence-corrected chi connectivity index (χ0v) is 4.96. The normalized spacial score (nSPS) is 10.4. The first kappa shape index (κ1) is 5.16. The van der Waals surface area contributed by atoms with Crippen molar-refractivity contribution >= 4 is 11.3 Å². The molecule has 0 amide bonds. The number of nitrogens with zero attached hydrogens (tertiary/aromatic N) is 2. The zero-order chi connectivity index (χ0) is 6.97. The maximum Gasteiger partial charge on any atom is 0.326 e. The van der Waals surface area contributed by atoms with Crippen LogP contribution in [0.15, 0.2) is 17.2 Å². The summed E-state index contributed by atoms with van der Waals surface area (Å²) in [5.74, 6) is 0. The zero-order valence-electron chi connectivity index (χ0n) is 4.96. The molecule has 5 heteroatoms. The van der Waals surface area contributed by atoms with Crippen LogP contribution in [0.3, 0.4) is 0 Å². The van der Waals surface area contributed by atoms with Gasteiger partial charge in [0.1, 0.15) is 0 Å². The molecule has 0 aliphatic carbocycles. The Morgan fingerprint density at radius 3 is 2.20 bits per heavy atom. The van der Waals surface area contributed by atoms with Crippen LogP contribution in [0.4, 0.5) is 0 Å². The standard InChI is InChI=1S/C5H4N4O.H2/c10-5-8-3-4(9-5)7-2-1-6-3;/h1-2H,(H2,6,7,8,9,10);1H. The minimum absolute atomic E-state index is 0. The maximum absolute atomic E-state index is 10.6. The number of H-pyrrole nitrogens is 2. The number of hydrogen-bond donors (Lipinski definition) is 2. The molecule has 0 unspecified atom stereocenters. The molecule has 0 aromatic carbocycles. The molecule has 0 aliphatic rings. The summed E-state index contributed by atoms with van der Waals surface area (Å²) in [6.45, 7) is 0. The SMILES string of the molecule is O=c1[nH]c2nccnc2[nH]1.[HH]. The molecule has 0 saturated carbocycles. The minimum Gasteiger partial charge on any atom is -0.289 e. The average Bonchev–Trinajstić information content (AvgIpc) is 2.27. The van der Waals surface area contributed by atoms with Gasteiger partial charge in [-0.3, -0.25) is 9.97 Å². The fraction of sp³-hybridized carbons (Fsp3) is 0. The summed E-state index contributed by atoms with van der Waals surface area (Å²) < 4.78 is 0. The summed E-state index contributed by atoms with van der Waals surface area (Å²) in [5.41, 5.74) is 0.709. The second-order valence-corrected chi connectivity index (χ2v) is 1.83. The molecule has 2 N–H and O–H groups in total. The highest BCUT2D eigenvalue weighted by molar-refractivity contribution is 5.63. The fourth-order valence-electron chi connectivity index (χ4n) is 0.767. The molecular weight excluding hydrogens is 132 g/mol. The molecule has 5 nitrogen and oxygen atoms in total. The Balaban J connectivity index is 0.000000605. The third-order valence-corrected chi connectivity index (χ3v) is 1.16. The number of aromatic amines is 2. The van der Waals surface area contributed by atoms with Crippen LogP contribution >= 0.6 is 0 Å². The molecule has 0 radical (unpaired) electrons. The van der Waals surface area contributed by atoms with E-state index in [4.69, 9.17) is 0 Å². The second-order valence-electron chi connectivity index (χ2n) is 1.83. The first-order chi connectivity index (χ1) is 4.86. The van der Waals surface area contributed by atoms with Crippen molar-refractivity contribution < 1.29 is 1.43 Å². The van der Waals surface area contributed by atoms with Gasteiger partial charge in [0.05, 0.1) is 0 Å². The van der Waals surface area contributed by atoms with Gasteiger partial charge in [0.2, 0.25) is 0 Å². The summed E-state index contributed by atoms with van der Waals surface area (Å²) >= 11 is 0. The van der Waals surface area contributed by atoms with Crippen LogP contribution < -0.4 is 5.69 Å². The van der Waals surface area contributed by atoms with Crippen molar-refractivity contribution in [3.05, 3.63) is 22.9 Å². The predicted molar refractivity (Wildman–Crippen MR) is 36.6 cm³/mol. The topological polar surface area (TPSA) is 74.4 Å². The fourth-order valence-corrected chi connectivity index (χ4v) is 0.767. The van der Waals surface area contributed by atoms with Crippen molar-refractivity contribution in [2.45, 2.75) is 0 Å². The Morgan fingerprint density at radius 1 is 1.20 bits per heavy atom. The van der Waals surface area contributed by atoms with Crippen LogP contribution in [0, 0.1) is 0 Å². The van der Waals surface area contributed by atoms with Crippen LogP contribution in [0.25, 0.3) is 11.3 Å². The quantitative estimate of drug-likeness (QED) is 0.533. The Bertz CT molecular complexity index is 370. The smallest absolute Gasteiger partial charge is 0.289 e. The largest absolute Gasteiger partial charge is 0.326 e. The highest BCUT2D eigenvalue weighted by Crippen LogP contribution is 1.93. The van der Waals surface area contributed by atoms with E-state index in [9.17, 15) is 4.79 Å². The number of imidazole rings is 1. The van der Waals surface area contributed by atoms with Crippen LogP contribution in [0.1, 0.15) is 1.43 Å². The van der Waals surface area contributed by atoms with Crippen molar-refractivity contribution in [2.24, 2.45) is 0 Å². The lowest BCUT2D eigenvalue weighted by molar-refractivity contribution is 1.20. The van der Waals surface area contributed by atoms with E-state index < -0.39 is 0 Å². The summed E-state index contributed by atoms with van der Waals surface area (Å²) in [6.07, 6.45) is 3.04. The molecule has 0 aliphatic heterocycles. The lowest BCUT2D eigenvalue weighted by Crippen LogP contribution is -1.99. The van der Waals surface area contributed by atoms with E-state index in [0.29, 0.717) is 11.3 Å². The lowest BCUT2D eigenvalue weighted by atomic mass is 10.7. The Kier molecular flexibility index (Phi) is 0.858. The molecule has 2 aromatic heterocycles. The van der Waals surface area contributed by atoms with E-state index in [1.807, 2.05) is 0 Å². The second kappa shape index (κ2) is 1.66. The van der Waals surface area contributed by atoms with Gasteiger partial charge in [-0.1, -0.05) is 0 Å². The molecule has 2 heterocycles. The summed E-state index contributed by atoms with van der Waals surface area (Å²) in [5, 5.41) is 0. The lowest BCUT2D eigenvalue weighted by Gasteiger charge is -1.80. The summed E-state index contributed by atoms with van der Waals surface area (Å²) in [4.78, 5) is 23.3. The summed E-state index contributed by atoms with van der Waals surface area (Å²) in [7, 11) is 0. The van der Waals surface area contributed by atoms with Gasteiger partial charge < -0.3 is 0 Å². The third-order valence-electron chi connectivity index (χ3n) is 1.16. The van der Waals surface area contributed by atoms with Gasteiger partial charge in [0, 0.05) is 13.8 Å². The number of rotatable bonds is 0. The highest BCUT2D eigenvalue weighted by atomic mass is 16.1. The van der Waals surface area contributed by atoms with Gasteiger partial charge in [-0.15, -0.1) is 0 Å². The van der Waals surface area contributed by atoms with Gasteiger partial charge >= 0.3 is 5.69 Å². The van der Waals surface area contributed by atoms with Crippen LogP contribution in [0.2, 0.25) is 0 Å². The van der Waals surface area contributed by atoms with Crippen molar-refractivity contribution in [1.82, 2.24) is 19.9 Å². The van der Waals surface area contributed by atoms with Gasteiger partial charge in [0.25, 0.3) is 0 Å². The van der Waals surface area contributed by atoms with Crippen molar-refractivity contribution in [1.29, 1.82) is 0 Å². The monoisotopic (exact) mass is 138 g/mol. The molecule has 0 bridgehead atoms. The minimum atomic E-state index is -0.277. The van der Waals surface area contributed by atoms with Crippen molar-refractivity contribution in [3.8, 4) is 0 Å². The van der Waals surface area contributed by atoms with Gasteiger partial charge in [-0.2, -0.15) is 0 Å². The highest BCUT2D eigenvalue weighted by Gasteiger charge is 1.95. The number of aromatic nitrogens is 4. The van der Waals surface area contributed by atoms with E-state index in [1.54, 1.807) is 0 Å². The van der Waals surface area contributed by atoms with Crippen LogP contribution in [0.5, 0.6) is 0 Å². The molecule has 2 rings (SSSR count). The molecule has 2 aromatic rings. The molecular formula is C5H6N4O. The third kappa shape index (κ3) is 0.604. The van der Waals surface area contributed by atoms with Gasteiger partial charge in [-0.25, -0.2) is 14.8 Å².